The van der Waals surface area contributed by atoms with Gasteiger partial charge in [0.2, 0.25) is 0 Å². The van der Waals surface area contributed by atoms with Gasteiger partial charge in [0.05, 0.1) is 5.40 Å². The maximum atomic E-state index is 6.59. The lowest BCUT2D eigenvalue weighted by atomic mass is 9.58. The van der Waals surface area contributed by atoms with E-state index in [0.717, 1.165) is 50.3 Å². The van der Waals surface area contributed by atoms with E-state index in [-0.39, 0.29) is 0 Å². The molecule has 2 heterocycles. The summed E-state index contributed by atoms with van der Waals surface area (Å²) in [5.41, 5.74) is 13.0. The maximum Gasteiger partial charge on any atom is 0.164 e. The summed E-state index contributed by atoms with van der Waals surface area (Å²) >= 11 is 0. The van der Waals surface area contributed by atoms with Crippen LogP contribution in [0.1, 0.15) is 5.56 Å². The number of ether oxygens (including phenoxy) is 1. The summed E-state index contributed by atoms with van der Waals surface area (Å²) in [6, 6.07) is 61.0. The van der Waals surface area contributed by atoms with Crippen LogP contribution >= 0.6 is 0 Å². The summed E-state index contributed by atoms with van der Waals surface area (Å²) in [6.07, 6.45) is 0. The van der Waals surface area contributed by atoms with Gasteiger partial charge >= 0.3 is 0 Å². The lowest BCUT2D eigenvalue weighted by Gasteiger charge is -2.36. The second-order valence-corrected chi connectivity index (χ2v) is 13.6. The smallest absolute Gasteiger partial charge is 0.164 e. The van der Waals surface area contributed by atoms with Crippen molar-refractivity contribution in [1.29, 1.82) is 0 Å². The minimum absolute atomic E-state index is 0.430. The second kappa shape index (κ2) is 13.0. The molecule has 0 saturated carbocycles. The summed E-state index contributed by atoms with van der Waals surface area (Å²) in [5.74, 6) is 2.75. The van der Waals surface area contributed by atoms with E-state index in [4.69, 9.17) is 19.7 Å². The third kappa shape index (κ3) is 5.88. The first-order valence-electron chi connectivity index (χ1n) is 17.6. The van der Waals surface area contributed by atoms with Crippen molar-refractivity contribution in [1.82, 2.24) is 15.0 Å². The minimum Gasteiger partial charge on any atom is -0.500 e. The molecule has 52 heavy (non-hydrogen) atoms. The number of benzene rings is 7. The van der Waals surface area contributed by atoms with Crippen LogP contribution in [-0.2, 0) is 5.40 Å². The molecule has 244 valence electrons. The van der Waals surface area contributed by atoms with Gasteiger partial charge in [0.15, 0.2) is 33.2 Å². The van der Waals surface area contributed by atoms with Crippen LogP contribution in [0.15, 0.2) is 176 Å². The third-order valence-corrected chi connectivity index (χ3v) is 9.80. The molecule has 0 radical (unpaired) electrons. The van der Waals surface area contributed by atoms with Crippen molar-refractivity contribution in [2.75, 3.05) is 0 Å². The summed E-state index contributed by atoms with van der Waals surface area (Å²) < 4.78 is 6.59. The Kier molecular flexibility index (Phi) is 7.85. The van der Waals surface area contributed by atoms with E-state index in [9.17, 15) is 0 Å². The fraction of sp³-hybridized carbons (Fsp3) is 0.0217. The highest BCUT2D eigenvalue weighted by atomic mass is 16.5. The van der Waals surface area contributed by atoms with E-state index >= 15 is 0 Å². The molecule has 9 rings (SSSR count). The lowest BCUT2D eigenvalue weighted by Crippen LogP contribution is -2.37. The Morgan fingerprint density at radius 3 is 1.38 bits per heavy atom. The van der Waals surface area contributed by atoms with Gasteiger partial charge < -0.3 is 4.74 Å². The Labute approximate surface area is 305 Å². The highest BCUT2D eigenvalue weighted by molar-refractivity contribution is 6.40. The lowest BCUT2D eigenvalue weighted by molar-refractivity contribution is 0.241. The van der Waals surface area contributed by atoms with Crippen molar-refractivity contribution in [3.63, 3.8) is 0 Å². The molecule has 0 atom stereocenters. The van der Waals surface area contributed by atoms with Gasteiger partial charge in [0, 0.05) is 22.3 Å². The molecule has 1 aromatic heterocycles. The molecule has 1 aliphatic heterocycles. The Morgan fingerprint density at radius 1 is 0.365 bits per heavy atom. The van der Waals surface area contributed by atoms with Crippen LogP contribution in [-0.4, -0.2) is 30.6 Å². The second-order valence-electron chi connectivity index (χ2n) is 13.6. The topological polar surface area (TPSA) is 47.9 Å². The molecule has 0 saturated heterocycles. The summed E-state index contributed by atoms with van der Waals surface area (Å²) in [7, 11) is 4.25. The normalized spacial score (nSPS) is 12.7. The number of hydrogen-bond acceptors (Lipinski definition) is 4. The van der Waals surface area contributed by atoms with Gasteiger partial charge in [-0.2, -0.15) is 0 Å². The van der Waals surface area contributed by atoms with Crippen molar-refractivity contribution < 1.29 is 4.74 Å². The van der Waals surface area contributed by atoms with E-state index in [2.05, 4.69) is 179 Å². The van der Waals surface area contributed by atoms with Gasteiger partial charge in [-0.3, -0.25) is 0 Å². The van der Waals surface area contributed by atoms with Gasteiger partial charge in [-0.05, 0) is 56.6 Å². The summed E-state index contributed by atoms with van der Waals surface area (Å²) in [6.45, 7) is 0. The fourth-order valence-electron chi connectivity index (χ4n) is 7.16. The molecule has 1 aliphatic rings. The molecule has 8 aromatic rings. The molecule has 0 spiro atoms. The first-order valence-corrected chi connectivity index (χ1v) is 17.6. The highest BCUT2D eigenvalue weighted by Gasteiger charge is 2.33. The van der Waals surface area contributed by atoms with Crippen LogP contribution in [0.3, 0.4) is 0 Å². The number of hydrogen-bond donors (Lipinski definition) is 0. The quantitative estimate of drug-likeness (QED) is 0.166. The van der Waals surface area contributed by atoms with Crippen molar-refractivity contribution in [3.05, 3.63) is 181 Å². The molecule has 4 nitrogen and oxygen atoms in total. The van der Waals surface area contributed by atoms with Crippen LogP contribution in [0, 0.1) is 0 Å². The Hall–Kier alpha value is -6.52. The summed E-state index contributed by atoms with van der Waals surface area (Å²) in [5, 5.41) is -0.430. The molecule has 6 heteroatoms. The van der Waals surface area contributed by atoms with E-state index in [1.807, 2.05) is 12.1 Å². The average Bonchev–Trinajstić information content (AvgIpc) is 3.21. The predicted octanol–water partition coefficient (Wildman–Crippen LogP) is 9.31. The zero-order chi connectivity index (χ0) is 35.1. The largest absolute Gasteiger partial charge is 0.500 e. The Bertz CT molecular complexity index is 2450. The fourth-order valence-corrected chi connectivity index (χ4v) is 7.16. The predicted molar refractivity (Wildman–Crippen MR) is 217 cm³/mol. The van der Waals surface area contributed by atoms with Gasteiger partial charge in [-0.1, -0.05) is 164 Å². The van der Waals surface area contributed by atoms with E-state index in [1.54, 1.807) is 0 Å². The van der Waals surface area contributed by atoms with E-state index in [0.29, 0.717) is 17.5 Å². The zero-order valence-corrected chi connectivity index (χ0v) is 29.0. The first kappa shape index (κ1) is 31.5. The molecule has 0 aliphatic carbocycles. The van der Waals surface area contributed by atoms with Crippen LogP contribution in [0.5, 0.6) is 5.75 Å². The van der Waals surface area contributed by atoms with Gasteiger partial charge in [-0.15, -0.1) is 0 Å². The van der Waals surface area contributed by atoms with Crippen molar-refractivity contribution >= 4 is 15.7 Å². The SMILES string of the molecule is BC1(B)Oc2cccc(-c3cccc(-c4nc(-c5ccc(-c6ccccc6)cc5)nc(-c5ccc(-c6ccccc6)cc5)n4)c3)c2-c2ccccc21. The molecular formula is C46H33B2N3O. The Morgan fingerprint density at radius 2 is 0.788 bits per heavy atom. The molecule has 0 unspecified atom stereocenters. The van der Waals surface area contributed by atoms with Gasteiger partial charge in [-0.25, -0.2) is 15.0 Å². The molecule has 0 N–H and O–H groups in total. The number of aromatic nitrogens is 3. The molecule has 7 aromatic carbocycles. The van der Waals surface area contributed by atoms with E-state index < -0.39 is 5.40 Å². The molecule has 0 fully saturated rings. The standard InChI is InChI=1S/C46H33B2N3O/c47-46(48)40-19-8-7-17-39(40)42-38(18-10-20-41(42)52-46)36-15-9-16-37(29-36)45-50-43(34-25-21-32(22-26-34)30-11-3-1-4-12-30)49-44(51-45)35-27-23-33(24-28-35)31-13-5-2-6-14-31/h1-29H,47-48H2. The first-order chi connectivity index (χ1) is 25.5. The maximum absolute atomic E-state index is 6.59. The van der Waals surface area contributed by atoms with Crippen molar-refractivity contribution in [2.24, 2.45) is 0 Å². The highest BCUT2D eigenvalue weighted by Crippen LogP contribution is 2.48. The van der Waals surface area contributed by atoms with Gasteiger partial charge in [0.25, 0.3) is 0 Å². The number of nitrogens with zero attached hydrogens (tertiary/aromatic N) is 3. The van der Waals surface area contributed by atoms with Crippen LogP contribution in [0.25, 0.3) is 78.7 Å². The van der Waals surface area contributed by atoms with Crippen molar-refractivity contribution in [2.45, 2.75) is 5.40 Å². The van der Waals surface area contributed by atoms with Crippen LogP contribution in [0.4, 0.5) is 0 Å². The average molecular weight is 665 g/mol. The zero-order valence-electron chi connectivity index (χ0n) is 29.0. The third-order valence-electron chi connectivity index (χ3n) is 9.80. The van der Waals surface area contributed by atoms with Gasteiger partial charge in [0.1, 0.15) is 5.75 Å². The number of rotatable bonds is 6. The van der Waals surface area contributed by atoms with Crippen LogP contribution in [0.2, 0.25) is 0 Å². The van der Waals surface area contributed by atoms with E-state index in [1.165, 1.54) is 22.3 Å². The molecular weight excluding hydrogens is 632 g/mol. The van der Waals surface area contributed by atoms with Crippen LogP contribution < -0.4 is 4.74 Å². The Balaban J connectivity index is 1.16. The number of fused-ring (bicyclic) bond motifs is 3. The summed E-state index contributed by atoms with van der Waals surface area (Å²) in [4.78, 5) is 15.2. The molecule has 0 amide bonds. The minimum atomic E-state index is -0.430. The van der Waals surface area contributed by atoms with Crippen molar-refractivity contribution in [3.8, 4) is 84.4 Å². The monoisotopic (exact) mass is 665 g/mol. The molecule has 0 bridgehead atoms.